The fourth-order valence-electron chi connectivity index (χ4n) is 1.99. The number of fused-ring (bicyclic) bond motifs is 1. The molecule has 0 radical (unpaired) electrons. The van der Waals surface area contributed by atoms with Gasteiger partial charge in [-0.05, 0) is 12.1 Å². The van der Waals surface area contributed by atoms with Crippen molar-refractivity contribution in [1.29, 1.82) is 0 Å². The molecule has 0 spiro atoms. The molecular formula is C14H15Cl2NO3S. The summed E-state index contributed by atoms with van der Waals surface area (Å²) in [5, 5.41) is 11.5. The quantitative estimate of drug-likeness (QED) is 0.902. The molecular weight excluding hydrogens is 333 g/mol. The van der Waals surface area contributed by atoms with Crippen LogP contribution in [0.2, 0.25) is 10.0 Å². The number of carbonyl (C=O) groups excluding carboxylic acids is 1. The van der Waals surface area contributed by atoms with Crippen LogP contribution in [0.5, 0.6) is 0 Å². The highest BCUT2D eigenvalue weighted by atomic mass is 35.5. The third kappa shape index (κ3) is 3.67. The maximum absolute atomic E-state index is 12.4. The van der Waals surface area contributed by atoms with Crippen LogP contribution >= 0.6 is 34.5 Å². The van der Waals surface area contributed by atoms with Gasteiger partial charge in [0.25, 0.3) is 5.91 Å². The summed E-state index contributed by atoms with van der Waals surface area (Å²) in [6, 6.07) is 5.32. The van der Waals surface area contributed by atoms with Crippen LogP contribution in [0.25, 0.3) is 10.1 Å². The second-order valence-corrected chi connectivity index (χ2v) is 6.55. The van der Waals surface area contributed by atoms with Gasteiger partial charge < -0.3 is 14.7 Å². The predicted molar refractivity (Wildman–Crippen MR) is 86.7 cm³/mol. The first-order valence-corrected chi connectivity index (χ1v) is 7.81. The molecule has 1 atom stereocenters. The Bertz CT molecular complexity index is 659. The topological polar surface area (TPSA) is 49.8 Å². The number of benzene rings is 1. The van der Waals surface area contributed by atoms with Crippen molar-refractivity contribution in [1.82, 2.24) is 4.90 Å². The number of rotatable bonds is 5. The summed E-state index contributed by atoms with van der Waals surface area (Å²) in [4.78, 5) is 14.3. The molecule has 0 aliphatic heterocycles. The van der Waals surface area contributed by atoms with Crippen molar-refractivity contribution in [2.75, 3.05) is 27.3 Å². The molecule has 1 unspecified atom stereocenters. The molecule has 0 fully saturated rings. The number of methoxy groups -OCH3 is 1. The van der Waals surface area contributed by atoms with E-state index in [1.54, 1.807) is 25.2 Å². The molecule has 0 saturated carbocycles. The molecule has 7 heteroatoms. The molecule has 1 heterocycles. The highest BCUT2D eigenvalue weighted by Crippen LogP contribution is 2.37. The minimum Gasteiger partial charge on any atom is -0.389 e. The van der Waals surface area contributed by atoms with E-state index in [1.165, 1.54) is 23.3 Å². The predicted octanol–water partition coefficient (Wildman–Crippen LogP) is 3.29. The van der Waals surface area contributed by atoms with Gasteiger partial charge in [0.2, 0.25) is 0 Å². The Morgan fingerprint density at radius 2 is 2.19 bits per heavy atom. The first kappa shape index (κ1) is 16.5. The lowest BCUT2D eigenvalue weighted by Gasteiger charge is -2.19. The lowest BCUT2D eigenvalue weighted by Crippen LogP contribution is -2.36. The molecule has 1 N–H and O–H groups in total. The zero-order valence-electron chi connectivity index (χ0n) is 11.6. The molecule has 2 rings (SSSR count). The fourth-order valence-corrected chi connectivity index (χ4v) is 3.78. The van der Waals surface area contributed by atoms with Crippen molar-refractivity contribution in [3.63, 3.8) is 0 Å². The molecule has 4 nitrogen and oxygen atoms in total. The van der Waals surface area contributed by atoms with Crippen LogP contribution in [-0.2, 0) is 4.74 Å². The van der Waals surface area contributed by atoms with Crippen LogP contribution in [0.3, 0.4) is 0 Å². The molecule has 114 valence electrons. The standard InChI is InChI=1S/C14H15Cl2NO3S/c1-17(6-9(18)7-20-2)14(19)13-12(16)10-4-3-8(15)5-11(10)21-13/h3-5,9,18H,6-7H2,1-2H3. The molecule has 0 aliphatic rings. The van der Waals surface area contributed by atoms with Crippen LogP contribution in [0.1, 0.15) is 9.67 Å². The molecule has 0 saturated heterocycles. The zero-order chi connectivity index (χ0) is 15.6. The largest absolute Gasteiger partial charge is 0.389 e. The number of ether oxygens (including phenoxy) is 1. The second kappa shape index (κ2) is 6.94. The van der Waals surface area contributed by atoms with Gasteiger partial charge in [-0.3, -0.25) is 4.79 Å². The van der Waals surface area contributed by atoms with Crippen molar-refractivity contribution in [3.8, 4) is 0 Å². The Morgan fingerprint density at radius 3 is 2.86 bits per heavy atom. The lowest BCUT2D eigenvalue weighted by molar-refractivity contribution is 0.0382. The SMILES string of the molecule is COCC(O)CN(C)C(=O)c1sc2cc(Cl)ccc2c1Cl. The molecule has 0 bridgehead atoms. The fraction of sp³-hybridized carbons (Fsp3) is 0.357. The van der Waals surface area contributed by atoms with Crippen LogP contribution < -0.4 is 0 Å². The average Bonchev–Trinajstić information content (AvgIpc) is 2.74. The summed E-state index contributed by atoms with van der Waals surface area (Å²) in [7, 11) is 3.12. The third-order valence-electron chi connectivity index (χ3n) is 2.98. The van der Waals surface area contributed by atoms with Crippen LogP contribution in [-0.4, -0.2) is 49.3 Å². The van der Waals surface area contributed by atoms with Gasteiger partial charge in [-0.1, -0.05) is 29.3 Å². The Kier molecular flexibility index (Phi) is 5.46. The monoisotopic (exact) mass is 347 g/mol. The summed E-state index contributed by atoms with van der Waals surface area (Å²) in [6.45, 7) is 0.353. The highest BCUT2D eigenvalue weighted by Gasteiger charge is 2.22. The van der Waals surface area contributed by atoms with Crippen LogP contribution in [0, 0.1) is 0 Å². The summed E-state index contributed by atoms with van der Waals surface area (Å²) in [5.41, 5.74) is 0. The van der Waals surface area contributed by atoms with E-state index in [0.29, 0.717) is 14.9 Å². The first-order valence-electron chi connectivity index (χ1n) is 6.24. The minimum atomic E-state index is -0.730. The molecule has 1 aromatic carbocycles. The molecule has 1 aromatic heterocycles. The number of hydrogen-bond donors (Lipinski definition) is 1. The Hall–Kier alpha value is -0.850. The van der Waals surface area contributed by atoms with Crippen molar-refractivity contribution < 1.29 is 14.6 Å². The van der Waals surface area contributed by atoms with Crippen LogP contribution in [0.4, 0.5) is 0 Å². The molecule has 2 aromatic rings. The summed E-state index contributed by atoms with van der Waals surface area (Å²) < 4.78 is 5.71. The van der Waals surface area contributed by atoms with E-state index < -0.39 is 6.10 Å². The number of carbonyl (C=O) groups is 1. The molecule has 1 amide bonds. The van der Waals surface area contributed by atoms with Gasteiger partial charge >= 0.3 is 0 Å². The number of halogens is 2. The van der Waals surface area contributed by atoms with Crippen LogP contribution in [0.15, 0.2) is 18.2 Å². The Labute approximate surface area is 136 Å². The molecule has 21 heavy (non-hydrogen) atoms. The van der Waals surface area contributed by atoms with Gasteiger partial charge in [-0.2, -0.15) is 0 Å². The summed E-state index contributed by atoms with van der Waals surface area (Å²) >= 11 is 13.5. The summed E-state index contributed by atoms with van der Waals surface area (Å²) in [6.07, 6.45) is -0.730. The van der Waals surface area contributed by atoms with Gasteiger partial charge in [0, 0.05) is 35.8 Å². The minimum absolute atomic E-state index is 0.174. The number of likely N-dealkylation sites (N-methyl/N-ethyl adjacent to an activating group) is 1. The maximum atomic E-state index is 12.4. The Morgan fingerprint density at radius 1 is 1.48 bits per heavy atom. The van der Waals surface area contributed by atoms with E-state index >= 15 is 0 Å². The lowest BCUT2D eigenvalue weighted by atomic mass is 10.2. The Balaban J connectivity index is 2.24. The molecule has 0 aliphatic carbocycles. The van der Waals surface area contributed by atoms with E-state index in [1.807, 2.05) is 0 Å². The highest BCUT2D eigenvalue weighted by molar-refractivity contribution is 7.21. The first-order chi connectivity index (χ1) is 9.93. The van der Waals surface area contributed by atoms with Gasteiger partial charge in [0.1, 0.15) is 4.88 Å². The normalized spacial score (nSPS) is 12.6. The van der Waals surface area contributed by atoms with Crippen molar-refractivity contribution in [3.05, 3.63) is 33.1 Å². The number of nitrogens with zero attached hydrogens (tertiary/aromatic N) is 1. The van der Waals surface area contributed by atoms with E-state index in [-0.39, 0.29) is 19.1 Å². The second-order valence-electron chi connectivity index (χ2n) is 4.68. The average molecular weight is 348 g/mol. The van der Waals surface area contributed by atoms with Gasteiger partial charge in [-0.25, -0.2) is 0 Å². The third-order valence-corrected chi connectivity index (χ3v) is 4.86. The van der Waals surface area contributed by atoms with Crippen molar-refractivity contribution >= 4 is 50.5 Å². The number of amides is 1. The smallest absolute Gasteiger partial charge is 0.265 e. The maximum Gasteiger partial charge on any atom is 0.265 e. The zero-order valence-corrected chi connectivity index (χ0v) is 13.9. The number of aliphatic hydroxyl groups excluding tert-OH is 1. The number of thiophene rings is 1. The summed E-state index contributed by atoms with van der Waals surface area (Å²) in [5.74, 6) is -0.229. The van der Waals surface area contributed by atoms with E-state index in [0.717, 1.165) is 10.1 Å². The van der Waals surface area contributed by atoms with Gasteiger partial charge in [-0.15, -0.1) is 11.3 Å². The van der Waals surface area contributed by atoms with Crippen molar-refractivity contribution in [2.24, 2.45) is 0 Å². The van der Waals surface area contributed by atoms with E-state index in [4.69, 9.17) is 27.9 Å². The van der Waals surface area contributed by atoms with Gasteiger partial charge in [0.15, 0.2) is 0 Å². The number of hydrogen-bond acceptors (Lipinski definition) is 4. The van der Waals surface area contributed by atoms with E-state index in [9.17, 15) is 9.90 Å². The number of aliphatic hydroxyl groups is 1. The van der Waals surface area contributed by atoms with Crippen molar-refractivity contribution in [2.45, 2.75) is 6.10 Å². The van der Waals surface area contributed by atoms with Gasteiger partial charge in [0.05, 0.1) is 17.7 Å². The van der Waals surface area contributed by atoms with E-state index in [2.05, 4.69) is 0 Å².